The summed E-state index contributed by atoms with van der Waals surface area (Å²) in [5, 5.41) is 10.0. The largest absolute Gasteiger partial charge is 0.323 e. The van der Waals surface area contributed by atoms with Gasteiger partial charge in [-0.25, -0.2) is 4.39 Å². The second-order valence-electron chi connectivity index (χ2n) is 6.84. The van der Waals surface area contributed by atoms with E-state index in [1.165, 1.54) is 18.2 Å². The fraction of sp³-hybridized carbons (Fsp3) is 0.190. The van der Waals surface area contributed by atoms with E-state index in [4.69, 9.17) is 11.6 Å². The number of benzene rings is 2. The van der Waals surface area contributed by atoms with Gasteiger partial charge in [0.2, 0.25) is 5.91 Å². The first-order valence-electron chi connectivity index (χ1n) is 9.04. The minimum Gasteiger partial charge on any atom is -0.323 e. The fourth-order valence-corrected chi connectivity index (χ4v) is 3.66. The van der Waals surface area contributed by atoms with Crippen molar-refractivity contribution < 1.29 is 14.0 Å². The van der Waals surface area contributed by atoms with Gasteiger partial charge in [-0.15, -0.1) is 0 Å². The van der Waals surface area contributed by atoms with Crippen LogP contribution in [0.5, 0.6) is 0 Å². The molecule has 3 aromatic rings. The molecule has 1 atom stereocenters. The molecule has 0 fully saturated rings. The average Bonchev–Trinajstić information content (AvgIpc) is 3.00. The van der Waals surface area contributed by atoms with Crippen LogP contribution in [0.15, 0.2) is 46.9 Å². The maximum Gasteiger partial charge on any atom is 0.255 e. The first-order chi connectivity index (χ1) is 14.1. The summed E-state index contributed by atoms with van der Waals surface area (Å²) in [7, 11) is 0. The Balaban J connectivity index is 1.71. The fourth-order valence-electron chi connectivity index (χ4n) is 2.97. The van der Waals surface area contributed by atoms with Gasteiger partial charge in [-0.2, -0.15) is 5.10 Å². The number of hydrogen-bond donors (Lipinski definition) is 2. The van der Waals surface area contributed by atoms with Crippen molar-refractivity contribution in [1.82, 2.24) is 9.78 Å². The Morgan fingerprint density at radius 3 is 2.47 bits per heavy atom. The van der Waals surface area contributed by atoms with Crippen molar-refractivity contribution in [3.05, 3.63) is 74.7 Å². The van der Waals surface area contributed by atoms with Crippen molar-refractivity contribution >= 4 is 50.7 Å². The third-order valence-corrected chi connectivity index (χ3v) is 5.17. The summed E-state index contributed by atoms with van der Waals surface area (Å²) in [5.74, 6) is -1.28. The van der Waals surface area contributed by atoms with E-state index < -0.39 is 17.8 Å². The highest BCUT2D eigenvalue weighted by Crippen LogP contribution is 2.27. The first kappa shape index (κ1) is 22.0. The van der Waals surface area contributed by atoms with Crippen molar-refractivity contribution in [2.24, 2.45) is 0 Å². The van der Waals surface area contributed by atoms with E-state index in [-0.39, 0.29) is 16.5 Å². The number of rotatable bonds is 5. The zero-order valence-corrected chi connectivity index (χ0v) is 18.8. The third-order valence-electron chi connectivity index (χ3n) is 4.40. The van der Waals surface area contributed by atoms with Crippen LogP contribution in [0.3, 0.4) is 0 Å². The predicted octanol–water partition coefficient (Wildman–Crippen LogP) is 5.51. The van der Waals surface area contributed by atoms with Gasteiger partial charge in [0.05, 0.1) is 16.4 Å². The molecule has 156 valence electrons. The maximum absolute atomic E-state index is 13.5. The van der Waals surface area contributed by atoms with Gasteiger partial charge in [-0.1, -0.05) is 27.5 Å². The molecule has 3 rings (SSSR count). The van der Waals surface area contributed by atoms with E-state index in [9.17, 15) is 14.0 Å². The van der Waals surface area contributed by atoms with Crippen LogP contribution >= 0.6 is 27.5 Å². The van der Waals surface area contributed by atoms with Gasteiger partial charge in [0.25, 0.3) is 5.91 Å². The summed E-state index contributed by atoms with van der Waals surface area (Å²) in [5.41, 5.74) is 2.68. The monoisotopic (exact) mass is 492 g/mol. The maximum atomic E-state index is 13.5. The van der Waals surface area contributed by atoms with E-state index in [0.29, 0.717) is 15.8 Å². The average molecular weight is 494 g/mol. The van der Waals surface area contributed by atoms with E-state index in [2.05, 4.69) is 31.7 Å². The van der Waals surface area contributed by atoms with Crippen LogP contribution in [0.4, 0.5) is 15.8 Å². The highest BCUT2D eigenvalue weighted by Gasteiger charge is 2.19. The Kier molecular flexibility index (Phi) is 6.58. The molecule has 9 heteroatoms. The minimum atomic E-state index is -0.527. The number of nitrogens with zero attached hydrogens (tertiary/aromatic N) is 2. The number of halogens is 3. The summed E-state index contributed by atoms with van der Waals surface area (Å²) in [6.07, 6.45) is 0. The lowest BCUT2D eigenvalue weighted by Crippen LogP contribution is -2.25. The number of nitrogens with one attached hydrogen (secondary N) is 2. The standard InChI is InChI=1S/C21H19BrClFN4O2/c1-11-6-12(2)28(27-11)13(3)20(29)26-19-5-4-17(10-18(19)23)25-21(30)14-7-15(22)9-16(24)8-14/h4-10,13H,1-3H3,(H,25,30)(H,26,29). The van der Waals surface area contributed by atoms with Gasteiger partial charge in [0.1, 0.15) is 11.9 Å². The number of aryl methyl sites for hydroxylation is 2. The molecule has 0 spiro atoms. The topological polar surface area (TPSA) is 76.0 Å². The summed E-state index contributed by atoms with van der Waals surface area (Å²) in [6, 6.07) is 9.97. The van der Waals surface area contributed by atoms with Crippen molar-refractivity contribution in [1.29, 1.82) is 0 Å². The van der Waals surface area contributed by atoms with Crippen LogP contribution in [-0.4, -0.2) is 21.6 Å². The quantitative estimate of drug-likeness (QED) is 0.492. The SMILES string of the molecule is Cc1cc(C)n(C(C)C(=O)Nc2ccc(NC(=O)c3cc(F)cc(Br)c3)cc2Cl)n1. The van der Waals surface area contributed by atoms with Gasteiger partial charge in [-0.05, 0) is 63.2 Å². The van der Waals surface area contributed by atoms with Gasteiger partial charge >= 0.3 is 0 Å². The Hall–Kier alpha value is -2.71. The molecule has 0 saturated heterocycles. The molecular weight excluding hydrogens is 475 g/mol. The normalized spacial score (nSPS) is 11.8. The summed E-state index contributed by atoms with van der Waals surface area (Å²) < 4.78 is 15.6. The number of amides is 2. The molecule has 1 aromatic heterocycles. The predicted molar refractivity (Wildman–Crippen MR) is 119 cm³/mol. The van der Waals surface area contributed by atoms with Crippen LogP contribution in [0.1, 0.15) is 34.7 Å². The van der Waals surface area contributed by atoms with Crippen LogP contribution < -0.4 is 10.6 Å². The van der Waals surface area contributed by atoms with E-state index >= 15 is 0 Å². The number of anilines is 2. The molecule has 1 unspecified atom stereocenters. The number of hydrogen-bond acceptors (Lipinski definition) is 3. The molecular formula is C21H19BrClFN4O2. The summed E-state index contributed by atoms with van der Waals surface area (Å²) in [6.45, 7) is 5.49. The Morgan fingerprint density at radius 1 is 1.13 bits per heavy atom. The van der Waals surface area contributed by atoms with E-state index in [1.54, 1.807) is 23.7 Å². The van der Waals surface area contributed by atoms with Crippen molar-refractivity contribution in [2.75, 3.05) is 10.6 Å². The molecule has 30 heavy (non-hydrogen) atoms. The highest BCUT2D eigenvalue weighted by molar-refractivity contribution is 9.10. The molecule has 2 N–H and O–H groups in total. The highest BCUT2D eigenvalue weighted by atomic mass is 79.9. The molecule has 0 saturated carbocycles. The lowest BCUT2D eigenvalue weighted by Gasteiger charge is -2.16. The number of aromatic nitrogens is 2. The molecule has 0 radical (unpaired) electrons. The van der Waals surface area contributed by atoms with Gasteiger partial charge in [-0.3, -0.25) is 14.3 Å². The van der Waals surface area contributed by atoms with Crippen molar-refractivity contribution in [2.45, 2.75) is 26.8 Å². The van der Waals surface area contributed by atoms with Crippen LogP contribution in [0.2, 0.25) is 5.02 Å². The Bertz CT molecular complexity index is 1110. The van der Waals surface area contributed by atoms with E-state index in [1.807, 2.05) is 19.9 Å². The molecule has 0 aliphatic heterocycles. The molecule has 2 amide bonds. The minimum absolute atomic E-state index is 0.161. The second kappa shape index (κ2) is 8.97. The van der Waals surface area contributed by atoms with E-state index in [0.717, 1.165) is 17.5 Å². The lowest BCUT2D eigenvalue weighted by molar-refractivity contribution is -0.119. The number of carbonyl (C=O) groups is 2. The molecule has 1 heterocycles. The third kappa shape index (κ3) is 5.06. The van der Waals surface area contributed by atoms with Crippen LogP contribution in [-0.2, 0) is 4.79 Å². The molecule has 0 aliphatic rings. The number of carbonyl (C=O) groups excluding carboxylic acids is 2. The van der Waals surface area contributed by atoms with Crippen LogP contribution in [0, 0.1) is 19.7 Å². The summed E-state index contributed by atoms with van der Waals surface area (Å²) in [4.78, 5) is 24.9. The smallest absolute Gasteiger partial charge is 0.255 e. The first-order valence-corrected chi connectivity index (χ1v) is 10.2. The lowest BCUT2D eigenvalue weighted by atomic mass is 10.2. The van der Waals surface area contributed by atoms with Gasteiger partial charge < -0.3 is 10.6 Å². The zero-order chi connectivity index (χ0) is 22.0. The van der Waals surface area contributed by atoms with Crippen LogP contribution in [0.25, 0.3) is 0 Å². The Morgan fingerprint density at radius 2 is 1.87 bits per heavy atom. The molecule has 0 bridgehead atoms. The second-order valence-corrected chi connectivity index (χ2v) is 8.17. The van der Waals surface area contributed by atoms with Crippen molar-refractivity contribution in [3.63, 3.8) is 0 Å². The molecule has 6 nitrogen and oxygen atoms in total. The molecule has 0 aliphatic carbocycles. The zero-order valence-electron chi connectivity index (χ0n) is 16.5. The summed E-state index contributed by atoms with van der Waals surface area (Å²) >= 11 is 9.44. The van der Waals surface area contributed by atoms with Crippen molar-refractivity contribution in [3.8, 4) is 0 Å². The van der Waals surface area contributed by atoms with Gasteiger partial charge in [0.15, 0.2) is 0 Å². The Labute approximate surface area is 186 Å². The van der Waals surface area contributed by atoms with Gasteiger partial charge in [0, 0.05) is 21.4 Å². The molecule has 2 aromatic carbocycles.